The van der Waals surface area contributed by atoms with Crippen molar-refractivity contribution in [1.82, 2.24) is 19.4 Å². The first-order valence-electron chi connectivity index (χ1n) is 7.45. The van der Waals surface area contributed by atoms with Gasteiger partial charge in [0.1, 0.15) is 4.90 Å². The van der Waals surface area contributed by atoms with Crippen molar-refractivity contribution in [3.63, 3.8) is 0 Å². The van der Waals surface area contributed by atoms with E-state index in [9.17, 15) is 8.42 Å². The van der Waals surface area contributed by atoms with E-state index in [4.69, 9.17) is 4.74 Å². The van der Waals surface area contributed by atoms with Crippen LogP contribution in [0.3, 0.4) is 0 Å². The van der Waals surface area contributed by atoms with E-state index in [0.29, 0.717) is 19.0 Å². The van der Waals surface area contributed by atoms with Gasteiger partial charge in [-0.15, -0.1) is 0 Å². The zero-order chi connectivity index (χ0) is 14.7. The van der Waals surface area contributed by atoms with Gasteiger partial charge in [0.2, 0.25) is 10.0 Å². The summed E-state index contributed by atoms with van der Waals surface area (Å²) in [6, 6.07) is 0. The van der Waals surface area contributed by atoms with E-state index in [1.807, 2.05) is 0 Å². The molecule has 7 nitrogen and oxygen atoms in total. The summed E-state index contributed by atoms with van der Waals surface area (Å²) < 4.78 is 31.7. The number of morpholine rings is 1. The Morgan fingerprint density at radius 2 is 1.95 bits per heavy atom. The number of rotatable bonds is 4. The van der Waals surface area contributed by atoms with Crippen LogP contribution in [0.5, 0.6) is 0 Å². The second-order valence-electron chi connectivity index (χ2n) is 5.69. The minimum atomic E-state index is -3.37. The maximum absolute atomic E-state index is 12.4. The summed E-state index contributed by atoms with van der Waals surface area (Å²) in [4.78, 5) is 2.68. The van der Waals surface area contributed by atoms with Gasteiger partial charge in [-0.3, -0.25) is 10.00 Å². The van der Waals surface area contributed by atoms with Gasteiger partial charge in [0, 0.05) is 38.9 Å². The third-order valence-corrected chi connectivity index (χ3v) is 6.17. The standard InChI is InChI=1S/C13H22N4O3S/c18-21(19,13-9-14-15-10-13)17-3-1-12(2-4-17)11-16-5-7-20-8-6-16/h9-10,12H,1-8,11H2,(H,14,15). The number of ether oxygens (including phenoxy) is 1. The Labute approximate surface area is 125 Å². The average molecular weight is 314 g/mol. The maximum Gasteiger partial charge on any atom is 0.246 e. The summed E-state index contributed by atoms with van der Waals surface area (Å²) in [5, 5.41) is 6.29. The molecule has 0 aliphatic carbocycles. The zero-order valence-electron chi connectivity index (χ0n) is 12.1. The molecule has 0 saturated carbocycles. The lowest BCUT2D eigenvalue weighted by Crippen LogP contribution is -2.44. The first-order chi connectivity index (χ1) is 10.2. The van der Waals surface area contributed by atoms with Crippen molar-refractivity contribution in [2.45, 2.75) is 17.7 Å². The van der Waals surface area contributed by atoms with Crippen LogP contribution in [0.25, 0.3) is 0 Å². The zero-order valence-corrected chi connectivity index (χ0v) is 12.9. The number of nitrogens with one attached hydrogen (secondary N) is 1. The van der Waals surface area contributed by atoms with E-state index in [0.717, 1.165) is 45.7 Å². The fourth-order valence-corrected chi connectivity index (χ4v) is 4.39. The van der Waals surface area contributed by atoms with Gasteiger partial charge in [-0.25, -0.2) is 8.42 Å². The molecule has 21 heavy (non-hydrogen) atoms. The summed E-state index contributed by atoms with van der Waals surface area (Å²) in [6.45, 7) is 5.87. The van der Waals surface area contributed by atoms with Crippen LogP contribution in [0, 0.1) is 5.92 Å². The molecule has 0 unspecified atom stereocenters. The Bertz CT molecular complexity index is 532. The molecular weight excluding hydrogens is 292 g/mol. The maximum atomic E-state index is 12.4. The first-order valence-corrected chi connectivity index (χ1v) is 8.89. The molecule has 0 bridgehead atoms. The number of aromatic nitrogens is 2. The molecule has 3 rings (SSSR count). The monoisotopic (exact) mass is 314 g/mol. The van der Waals surface area contributed by atoms with Gasteiger partial charge in [0.05, 0.1) is 19.4 Å². The molecule has 2 aliphatic rings. The molecule has 0 radical (unpaired) electrons. The summed E-state index contributed by atoms with van der Waals surface area (Å²) in [5.74, 6) is 0.582. The highest BCUT2D eigenvalue weighted by Crippen LogP contribution is 2.24. The van der Waals surface area contributed by atoms with Gasteiger partial charge < -0.3 is 4.74 Å². The van der Waals surface area contributed by atoms with Crippen molar-refractivity contribution in [2.24, 2.45) is 5.92 Å². The Morgan fingerprint density at radius 3 is 2.57 bits per heavy atom. The van der Waals surface area contributed by atoms with Crippen LogP contribution in [-0.4, -0.2) is 73.8 Å². The molecule has 8 heteroatoms. The number of piperidine rings is 1. The molecule has 3 heterocycles. The number of H-pyrrole nitrogens is 1. The van der Waals surface area contributed by atoms with E-state index < -0.39 is 10.0 Å². The van der Waals surface area contributed by atoms with Crippen molar-refractivity contribution >= 4 is 10.0 Å². The van der Waals surface area contributed by atoms with Gasteiger partial charge in [0.25, 0.3) is 0 Å². The van der Waals surface area contributed by atoms with E-state index in [-0.39, 0.29) is 4.90 Å². The lowest BCUT2D eigenvalue weighted by molar-refractivity contribution is 0.0269. The van der Waals surface area contributed by atoms with Crippen LogP contribution in [0.2, 0.25) is 0 Å². The van der Waals surface area contributed by atoms with Crippen LogP contribution in [-0.2, 0) is 14.8 Å². The summed E-state index contributed by atoms with van der Waals surface area (Å²) in [6.07, 6.45) is 4.66. The van der Waals surface area contributed by atoms with E-state index in [2.05, 4.69) is 15.1 Å². The highest BCUT2D eigenvalue weighted by atomic mass is 32.2. The van der Waals surface area contributed by atoms with Gasteiger partial charge in [-0.2, -0.15) is 9.40 Å². The topological polar surface area (TPSA) is 78.5 Å². The number of hydrogen-bond donors (Lipinski definition) is 1. The molecule has 118 valence electrons. The van der Waals surface area contributed by atoms with E-state index in [1.54, 1.807) is 4.31 Å². The van der Waals surface area contributed by atoms with Crippen LogP contribution < -0.4 is 0 Å². The van der Waals surface area contributed by atoms with Gasteiger partial charge in [-0.1, -0.05) is 0 Å². The minimum absolute atomic E-state index is 0.258. The quantitative estimate of drug-likeness (QED) is 0.855. The summed E-state index contributed by atoms with van der Waals surface area (Å²) >= 11 is 0. The van der Waals surface area contributed by atoms with Crippen molar-refractivity contribution in [1.29, 1.82) is 0 Å². The van der Waals surface area contributed by atoms with E-state index >= 15 is 0 Å². The normalized spacial score (nSPS) is 23.4. The Kier molecular flexibility index (Phi) is 4.58. The molecule has 1 aromatic heterocycles. The van der Waals surface area contributed by atoms with Crippen LogP contribution in [0.1, 0.15) is 12.8 Å². The Balaban J connectivity index is 1.53. The molecule has 1 aromatic rings. The molecular formula is C13H22N4O3S. The molecule has 1 N–H and O–H groups in total. The smallest absolute Gasteiger partial charge is 0.246 e. The molecule has 0 spiro atoms. The van der Waals surface area contributed by atoms with Crippen LogP contribution >= 0.6 is 0 Å². The SMILES string of the molecule is O=S(=O)(c1cn[nH]c1)N1CCC(CN2CCOCC2)CC1. The number of hydrogen-bond acceptors (Lipinski definition) is 5. The lowest BCUT2D eigenvalue weighted by atomic mass is 9.97. The lowest BCUT2D eigenvalue weighted by Gasteiger charge is -2.35. The van der Waals surface area contributed by atoms with Crippen molar-refractivity contribution in [3.05, 3.63) is 12.4 Å². The predicted octanol–water partition coefficient (Wildman–Crippen LogP) is 0.143. The second kappa shape index (κ2) is 6.43. The molecule has 2 fully saturated rings. The van der Waals surface area contributed by atoms with Crippen LogP contribution in [0.4, 0.5) is 0 Å². The fourth-order valence-electron chi connectivity index (χ4n) is 3.01. The Morgan fingerprint density at radius 1 is 1.24 bits per heavy atom. The van der Waals surface area contributed by atoms with Crippen molar-refractivity contribution < 1.29 is 13.2 Å². The summed E-state index contributed by atoms with van der Waals surface area (Å²) in [5.41, 5.74) is 0. The van der Waals surface area contributed by atoms with Crippen molar-refractivity contribution in [2.75, 3.05) is 45.9 Å². The van der Waals surface area contributed by atoms with Crippen LogP contribution in [0.15, 0.2) is 17.3 Å². The number of nitrogens with zero attached hydrogens (tertiary/aromatic N) is 3. The molecule has 0 atom stereocenters. The summed E-state index contributed by atoms with van der Waals surface area (Å²) in [7, 11) is -3.37. The first kappa shape index (κ1) is 15.0. The van der Waals surface area contributed by atoms with Gasteiger partial charge >= 0.3 is 0 Å². The molecule has 2 aliphatic heterocycles. The van der Waals surface area contributed by atoms with Gasteiger partial charge in [0.15, 0.2) is 0 Å². The molecule has 0 amide bonds. The largest absolute Gasteiger partial charge is 0.379 e. The number of aromatic amines is 1. The van der Waals surface area contributed by atoms with E-state index in [1.165, 1.54) is 12.4 Å². The average Bonchev–Trinajstić information content (AvgIpc) is 3.04. The van der Waals surface area contributed by atoms with Gasteiger partial charge in [-0.05, 0) is 18.8 Å². The third kappa shape index (κ3) is 3.45. The van der Waals surface area contributed by atoms with Crippen molar-refractivity contribution in [3.8, 4) is 0 Å². The molecule has 0 aromatic carbocycles. The third-order valence-electron chi connectivity index (χ3n) is 4.30. The highest BCUT2D eigenvalue weighted by Gasteiger charge is 2.30. The highest BCUT2D eigenvalue weighted by molar-refractivity contribution is 7.89. The fraction of sp³-hybridized carbons (Fsp3) is 0.769. The second-order valence-corrected chi connectivity index (χ2v) is 7.63. The minimum Gasteiger partial charge on any atom is -0.379 e. The predicted molar refractivity (Wildman–Crippen MR) is 77.3 cm³/mol. The Hall–Kier alpha value is -0.960. The molecule has 2 saturated heterocycles. The number of sulfonamides is 1.